The molecule has 1 saturated carbocycles. The third kappa shape index (κ3) is 3.57. The summed E-state index contributed by atoms with van der Waals surface area (Å²) in [6, 6.07) is 0.228. The lowest BCUT2D eigenvalue weighted by molar-refractivity contribution is -0.149. The Morgan fingerprint density at radius 1 is 1.29 bits per heavy atom. The molecule has 120 valence electrons. The number of rotatable bonds is 4. The van der Waals surface area contributed by atoms with Crippen LogP contribution in [0.25, 0.3) is 0 Å². The van der Waals surface area contributed by atoms with Crippen LogP contribution in [0, 0.1) is 17.8 Å². The SMILES string of the molecule is CCC1C[C@H](C(=O)N(C)C2CCCN(C)C2)[C@H](C(=O)O)C1. The van der Waals surface area contributed by atoms with E-state index in [1.165, 1.54) is 0 Å². The molecular weight excluding hydrogens is 268 g/mol. The van der Waals surface area contributed by atoms with Crippen LogP contribution in [0.4, 0.5) is 0 Å². The molecule has 5 nitrogen and oxygen atoms in total. The summed E-state index contributed by atoms with van der Waals surface area (Å²) in [5.74, 6) is -1.21. The van der Waals surface area contributed by atoms with Crippen molar-refractivity contribution in [3.8, 4) is 0 Å². The fourth-order valence-corrected chi connectivity index (χ4v) is 3.92. The maximum atomic E-state index is 12.8. The predicted molar refractivity (Wildman–Crippen MR) is 80.9 cm³/mol. The molecule has 2 fully saturated rings. The van der Waals surface area contributed by atoms with Crippen molar-refractivity contribution in [2.45, 2.75) is 45.1 Å². The highest BCUT2D eigenvalue weighted by atomic mass is 16.4. The Hall–Kier alpha value is -1.10. The standard InChI is InChI=1S/C16H28N2O3/c1-4-11-8-13(14(9-11)16(20)21)15(19)18(3)12-6-5-7-17(2)10-12/h11-14H,4-10H2,1-3H3,(H,20,21)/t11?,12?,13-,14+/m0/s1. The Morgan fingerprint density at radius 2 is 1.95 bits per heavy atom. The van der Waals surface area contributed by atoms with Gasteiger partial charge in [-0.05, 0) is 45.2 Å². The van der Waals surface area contributed by atoms with Gasteiger partial charge in [0.25, 0.3) is 0 Å². The van der Waals surface area contributed by atoms with E-state index >= 15 is 0 Å². The van der Waals surface area contributed by atoms with Gasteiger partial charge in [0.15, 0.2) is 0 Å². The molecule has 0 spiro atoms. The first-order valence-corrected chi connectivity index (χ1v) is 8.12. The van der Waals surface area contributed by atoms with Crippen LogP contribution in [0.5, 0.6) is 0 Å². The molecule has 4 atom stereocenters. The molecule has 0 aromatic heterocycles. The zero-order chi connectivity index (χ0) is 15.6. The highest BCUT2D eigenvalue weighted by Gasteiger charge is 2.44. The molecule has 0 radical (unpaired) electrons. The molecule has 1 aliphatic heterocycles. The summed E-state index contributed by atoms with van der Waals surface area (Å²) in [6.45, 7) is 4.05. The molecule has 5 heteroatoms. The number of carbonyl (C=O) groups is 2. The van der Waals surface area contributed by atoms with Crippen LogP contribution < -0.4 is 0 Å². The fraction of sp³-hybridized carbons (Fsp3) is 0.875. The molecule has 1 heterocycles. The number of carbonyl (C=O) groups excluding carboxylic acids is 1. The van der Waals surface area contributed by atoms with E-state index in [0.717, 1.165) is 38.8 Å². The van der Waals surface area contributed by atoms with Crippen LogP contribution in [0.3, 0.4) is 0 Å². The number of likely N-dealkylation sites (N-methyl/N-ethyl adjacent to an activating group) is 2. The lowest BCUT2D eigenvalue weighted by atomic mass is 9.93. The molecule has 21 heavy (non-hydrogen) atoms. The normalized spacial score (nSPS) is 33.9. The lowest BCUT2D eigenvalue weighted by Gasteiger charge is -2.37. The van der Waals surface area contributed by atoms with E-state index in [4.69, 9.17) is 0 Å². The Labute approximate surface area is 127 Å². The van der Waals surface area contributed by atoms with Crippen LogP contribution in [0.15, 0.2) is 0 Å². The van der Waals surface area contributed by atoms with E-state index in [-0.39, 0.29) is 17.9 Å². The van der Waals surface area contributed by atoms with Crippen LogP contribution in [-0.2, 0) is 9.59 Å². The van der Waals surface area contributed by atoms with Gasteiger partial charge >= 0.3 is 5.97 Å². The third-order valence-electron chi connectivity index (χ3n) is 5.37. The summed E-state index contributed by atoms with van der Waals surface area (Å²) in [5, 5.41) is 9.40. The van der Waals surface area contributed by atoms with Crippen molar-refractivity contribution < 1.29 is 14.7 Å². The minimum absolute atomic E-state index is 0.0404. The highest BCUT2D eigenvalue weighted by molar-refractivity contribution is 5.85. The van der Waals surface area contributed by atoms with Gasteiger partial charge in [-0.15, -0.1) is 0 Å². The van der Waals surface area contributed by atoms with E-state index in [1.54, 1.807) is 0 Å². The number of aliphatic carboxylic acids is 1. The number of amides is 1. The van der Waals surface area contributed by atoms with E-state index in [2.05, 4.69) is 18.9 Å². The summed E-state index contributed by atoms with van der Waals surface area (Å²) in [4.78, 5) is 28.3. The minimum atomic E-state index is -0.807. The van der Waals surface area contributed by atoms with Gasteiger partial charge in [0.2, 0.25) is 5.91 Å². The quantitative estimate of drug-likeness (QED) is 0.857. The number of carboxylic acid groups (broad SMARTS) is 1. The van der Waals surface area contributed by atoms with Crippen molar-refractivity contribution >= 4 is 11.9 Å². The van der Waals surface area contributed by atoms with Gasteiger partial charge in [-0.3, -0.25) is 9.59 Å². The Kier molecular flexibility index (Phi) is 5.25. The number of hydrogen-bond acceptors (Lipinski definition) is 3. The van der Waals surface area contributed by atoms with Gasteiger partial charge in [0.1, 0.15) is 0 Å². The van der Waals surface area contributed by atoms with Gasteiger partial charge in [-0.1, -0.05) is 13.3 Å². The van der Waals surface area contributed by atoms with Crippen molar-refractivity contribution in [1.82, 2.24) is 9.80 Å². The maximum absolute atomic E-state index is 12.8. The van der Waals surface area contributed by atoms with E-state index in [0.29, 0.717) is 12.3 Å². The second kappa shape index (κ2) is 6.77. The first-order chi connectivity index (χ1) is 9.93. The highest BCUT2D eigenvalue weighted by Crippen LogP contribution is 2.39. The molecule has 0 aromatic rings. The zero-order valence-corrected chi connectivity index (χ0v) is 13.4. The van der Waals surface area contributed by atoms with Crippen LogP contribution in [0.2, 0.25) is 0 Å². The second-order valence-electron chi connectivity index (χ2n) is 6.80. The molecule has 0 aromatic carbocycles. The van der Waals surface area contributed by atoms with Gasteiger partial charge in [0.05, 0.1) is 11.8 Å². The third-order valence-corrected chi connectivity index (χ3v) is 5.37. The number of nitrogens with zero attached hydrogens (tertiary/aromatic N) is 2. The summed E-state index contributed by atoms with van der Waals surface area (Å²) < 4.78 is 0. The van der Waals surface area contributed by atoms with Crippen molar-refractivity contribution in [2.24, 2.45) is 17.8 Å². The summed E-state index contributed by atoms with van der Waals surface area (Å²) in [6.07, 6.45) is 4.47. The van der Waals surface area contributed by atoms with Gasteiger partial charge < -0.3 is 14.9 Å². The number of carboxylic acids is 1. The van der Waals surface area contributed by atoms with E-state index in [9.17, 15) is 14.7 Å². The van der Waals surface area contributed by atoms with Gasteiger partial charge in [-0.2, -0.15) is 0 Å². The first kappa shape index (κ1) is 16.3. The van der Waals surface area contributed by atoms with Crippen LogP contribution in [0.1, 0.15) is 39.0 Å². The predicted octanol–water partition coefficient (Wildman–Crippen LogP) is 1.68. The van der Waals surface area contributed by atoms with Crippen molar-refractivity contribution in [3.63, 3.8) is 0 Å². The monoisotopic (exact) mass is 296 g/mol. The average Bonchev–Trinajstić information content (AvgIpc) is 2.90. The minimum Gasteiger partial charge on any atom is -0.481 e. The number of piperidine rings is 1. The Balaban J connectivity index is 2.04. The van der Waals surface area contributed by atoms with Gasteiger partial charge in [-0.25, -0.2) is 0 Å². The van der Waals surface area contributed by atoms with Crippen molar-refractivity contribution in [2.75, 3.05) is 27.2 Å². The Bertz CT molecular complexity index is 399. The molecule has 1 N–H and O–H groups in total. The van der Waals surface area contributed by atoms with Crippen LogP contribution in [-0.4, -0.2) is 60.0 Å². The molecule has 0 bridgehead atoms. The second-order valence-corrected chi connectivity index (χ2v) is 6.80. The number of hydrogen-bond donors (Lipinski definition) is 1. The fourth-order valence-electron chi connectivity index (χ4n) is 3.92. The van der Waals surface area contributed by atoms with E-state index < -0.39 is 11.9 Å². The molecule has 2 aliphatic rings. The summed E-state index contributed by atoms with van der Waals surface area (Å²) in [7, 11) is 3.93. The molecule has 1 saturated heterocycles. The largest absolute Gasteiger partial charge is 0.481 e. The lowest BCUT2D eigenvalue weighted by Crippen LogP contribution is -2.49. The van der Waals surface area contributed by atoms with Crippen molar-refractivity contribution in [1.29, 1.82) is 0 Å². The molecule has 1 amide bonds. The first-order valence-electron chi connectivity index (χ1n) is 8.12. The topological polar surface area (TPSA) is 60.9 Å². The zero-order valence-electron chi connectivity index (χ0n) is 13.4. The van der Waals surface area contributed by atoms with Gasteiger partial charge in [0, 0.05) is 19.6 Å². The maximum Gasteiger partial charge on any atom is 0.307 e. The molecule has 2 rings (SSSR count). The van der Waals surface area contributed by atoms with E-state index in [1.807, 2.05) is 11.9 Å². The summed E-state index contributed by atoms with van der Waals surface area (Å²) in [5.41, 5.74) is 0. The van der Waals surface area contributed by atoms with Crippen LogP contribution >= 0.6 is 0 Å². The Morgan fingerprint density at radius 3 is 2.52 bits per heavy atom. The number of likely N-dealkylation sites (tertiary alicyclic amines) is 1. The molecular formula is C16H28N2O3. The smallest absolute Gasteiger partial charge is 0.307 e. The average molecular weight is 296 g/mol. The summed E-state index contributed by atoms with van der Waals surface area (Å²) >= 11 is 0. The molecule has 2 unspecified atom stereocenters. The molecule has 1 aliphatic carbocycles. The van der Waals surface area contributed by atoms with Crippen molar-refractivity contribution in [3.05, 3.63) is 0 Å².